The van der Waals surface area contributed by atoms with Crippen LogP contribution in [-0.2, 0) is 25.7 Å². The summed E-state index contributed by atoms with van der Waals surface area (Å²) >= 11 is 6.91. The Hall–Kier alpha value is -5.83. The Bertz CT molecular complexity index is 2740. The molecule has 342 valence electrons. The predicted octanol–water partition coefficient (Wildman–Crippen LogP) is 8.97. The number of ether oxygens (including phenoxy) is 3. The van der Waals surface area contributed by atoms with Gasteiger partial charge in [0.2, 0.25) is 11.8 Å². The Morgan fingerprint density at radius 2 is 1.38 bits per heavy atom. The molecule has 65 heavy (non-hydrogen) atoms. The molecule has 3 aromatic carbocycles. The van der Waals surface area contributed by atoms with Crippen LogP contribution in [0.3, 0.4) is 0 Å². The Morgan fingerprint density at radius 1 is 0.800 bits per heavy atom. The highest BCUT2D eigenvalue weighted by atomic mass is 35.5. The summed E-state index contributed by atoms with van der Waals surface area (Å²) in [6.07, 6.45) is 6.01. The third-order valence-corrected chi connectivity index (χ3v) is 15.6. The summed E-state index contributed by atoms with van der Waals surface area (Å²) in [4.78, 5) is 74.0. The Labute approximate surface area is 382 Å². The number of rotatable bonds is 11. The number of fused-ring (bicyclic) bond motifs is 6. The third-order valence-electron chi connectivity index (χ3n) is 15.3. The van der Waals surface area contributed by atoms with Crippen molar-refractivity contribution in [1.29, 1.82) is 0 Å². The van der Waals surface area contributed by atoms with Gasteiger partial charge in [0, 0.05) is 29.6 Å². The van der Waals surface area contributed by atoms with E-state index in [2.05, 4.69) is 50.9 Å². The zero-order chi connectivity index (χ0) is 45.5. The molecule has 6 atom stereocenters. The van der Waals surface area contributed by atoms with Crippen LogP contribution in [0.25, 0.3) is 44.2 Å². The summed E-state index contributed by atoms with van der Waals surface area (Å²) in [5.74, 6) is 1.72. The summed E-state index contributed by atoms with van der Waals surface area (Å²) in [5, 5.41) is 7.93. The lowest BCUT2D eigenvalue weighted by atomic mass is 9.92. The minimum Gasteiger partial charge on any atom is -0.488 e. The van der Waals surface area contributed by atoms with Gasteiger partial charge in [-0.05, 0) is 102 Å². The van der Waals surface area contributed by atoms with Gasteiger partial charge in [-0.15, -0.1) is 0 Å². The van der Waals surface area contributed by atoms with Crippen molar-refractivity contribution in [2.75, 3.05) is 27.3 Å². The van der Waals surface area contributed by atoms with Crippen molar-refractivity contribution >= 4 is 57.4 Å². The molecule has 2 aromatic heterocycles. The van der Waals surface area contributed by atoms with Gasteiger partial charge in [-0.3, -0.25) is 9.59 Å². The predicted molar refractivity (Wildman–Crippen MR) is 245 cm³/mol. The van der Waals surface area contributed by atoms with Crippen LogP contribution in [-0.4, -0.2) is 93.1 Å². The van der Waals surface area contributed by atoms with Crippen molar-refractivity contribution in [3.8, 4) is 28.1 Å². The molecular formula is C49H57ClN8O7. The molecule has 5 heterocycles. The second-order valence-electron chi connectivity index (χ2n) is 19.5. The number of hydrogen-bond donors (Lipinski definition) is 4. The number of H-pyrrole nitrogens is 2. The zero-order valence-corrected chi connectivity index (χ0v) is 38.6. The largest absolute Gasteiger partial charge is 0.488 e. The molecule has 2 spiro atoms. The maximum absolute atomic E-state index is 14.3. The Balaban J connectivity index is 0.924. The standard InChI is InChI=1S/C49H57ClN8O7/c1-7-25(3)37(54-46(61)63-5)44(59)57-23-48(13-14-48)20-34(57)42-51-33-12-10-27-18-32-30-11-9-28(17-29(30)22-65-36(32)19-31(27)40(33)53-42)39-41(50)56-43(52-39)35-21-49(15-16-49)24-58(35)45(60)38(26(4)8-2)55-47(62)64-6/h9-12,17-19,25-26,34-35,37-38H,7-8,13-16,20-24H2,1-6H3,(H,51,53)(H,52,56)(H,54,61)(H,55,62)/t25-,26-,34-,35-,37-,38-/m0/s1. The van der Waals surface area contributed by atoms with Gasteiger partial charge in [0.15, 0.2) is 5.15 Å². The highest BCUT2D eigenvalue weighted by molar-refractivity contribution is 6.32. The lowest BCUT2D eigenvalue weighted by molar-refractivity contribution is -0.136. The fourth-order valence-electron chi connectivity index (χ4n) is 10.6. The number of benzene rings is 3. The number of hydrogen-bond acceptors (Lipinski definition) is 9. The number of carbonyl (C=O) groups is 4. The van der Waals surface area contributed by atoms with Crippen LogP contribution < -0.4 is 15.4 Å². The summed E-state index contributed by atoms with van der Waals surface area (Å²) in [5.41, 5.74) is 6.40. The number of aromatic amines is 2. The molecule has 15 nitrogen and oxygen atoms in total. The van der Waals surface area contributed by atoms with Gasteiger partial charge in [-0.2, -0.15) is 0 Å². The van der Waals surface area contributed by atoms with Crippen LogP contribution >= 0.6 is 11.6 Å². The number of nitrogens with zero attached hydrogens (tertiary/aromatic N) is 4. The van der Waals surface area contributed by atoms with Crippen LogP contribution in [0.1, 0.15) is 108 Å². The second-order valence-corrected chi connectivity index (χ2v) is 19.8. The van der Waals surface area contributed by atoms with E-state index < -0.39 is 24.3 Å². The number of amides is 4. The smallest absolute Gasteiger partial charge is 0.407 e. The van der Waals surface area contributed by atoms with Crippen LogP contribution in [0.4, 0.5) is 9.59 Å². The molecular weight excluding hydrogens is 848 g/mol. The fraction of sp³-hybridized carbons (Fsp3) is 0.510. The lowest BCUT2D eigenvalue weighted by Gasteiger charge is -2.31. The number of imidazole rings is 2. The molecule has 0 unspecified atom stereocenters. The molecule has 4 fully saturated rings. The Morgan fingerprint density at radius 3 is 1.94 bits per heavy atom. The molecule has 2 aliphatic carbocycles. The number of halogens is 1. The van der Waals surface area contributed by atoms with Crippen molar-refractivity contribution in [3.63, 3.8) is 0 Å². The van der Waals surface area contributed by atoms with Gasteiger partial charge in [-0.1, -0.05) is 70.3 Å². The van der Waals surface area contributed by atoms with Crippen LogP contribution in [0.2, 0.25) is 5.15 Å². The van der Waals surface area contributed by atoms with Crippen molar-refractivity contribution in [2.24, 2.45) is 22.7 Å². The minimum absolute atomic E-state index is 0.0524. The third kappa shape index (κ3) is 7.62. The van der Waals surface area contributed by atoms with Gasteiger partial charge >= 0.3 is 12.2 Å². The monoisotopic (exact) mass is 904 g/mol. The first-order valence-corrected chi connectivity index (χ1v) is 23.4. The lowest BCUT2D eigenvalue weighted by Crippen LogP contribution is -2.51. The first kappa shape index (κ1) is 43.1. The topological polar surface area (TPSA) is 184 Å². The van der Waals surface area contributed by atoms with Crippen molar-refractivity contribution < 1.29 is 33.4 Å². The summed E-state index contributed by atoms with van der Waals surface area (Å²) in [6, 6.07) is 12.6. The molecule has 2 saturated heterocycles. The van der Waals surface area contributed by atoms with E-state index in [0.29, 0.717) is 42.8 Å². The average molecular weight is 905 g/mol. The zero-order valence-electron chi connectivity index (χ0n) is 37.8. The number of alkyl carbamates (subject to hydrolysis) is 2. The normalized spacial score (nSPS) is 21.6. The highest BCUT2D eigenvalue weighted by Crippen LogP contribution is 2.60. The quantitative estimate of drug-likeness (QED) is 0.101. The number of methoxy groups -OCH3 is 2. The van der Waals surface area contributed by atoms with E-state index in [4.69, 9.17) is 35.8 Å². The molecule has 16 heteroatoms. The maximum Gasteiger partial charge on any atom is 0.407 e. The number of nitrogens with one attached hydrogen (secondary N) is 4. The van der Waals surface area contributed by atoms with E-state index >= 15 is 0 Å². The van der Waals surface area contributed by atoms with E-state index in [0.717, 1.165) is 101 Å². The minimum atomic E-state index is -0.723. The Kier molecular flexibility index (Phi) is 10.8. The molecule has 4 N–H and O–H groups in total. The molecule has 0 bridgehead atoms. The van der Waals surface area contributed by atoms with Crippen LogP contribution in [0, 0.1) is 22.7 Å². The highest BCUT2D eigenvalue weighted by Gasteiger charge is 2.56. The second kappa shape index (κ2) is 16.2. The molecule has 2 saturated carbocycles. The van der Waals surface area contributed by atoms with E-state index in [9.17, 15) is 19.2 Å². The molecule has 5 aliphatic rings. The average Bonchev–Trinajstić information content (AvgIpc) is 3.99. The molecule has 10 rings (SSSR count). The SMILES string of the molecule is CC[C@H](C)[C@H](NC(=O)OC)C(=O)N1CC2(CC2)C[C@H]1c1nc(Cl)c(-c2ccc3c(c2)COc2cc4c(ccc5nc([C@@H]6CC7(CC7)CN6C(=O)[C@@H](NC(=O)OC)[C@@H](C)CC)[nH]c54)cc2-3)[nH]1. The summed E-state index contributed by atoms with van der Waals surface area (Å²) in [6.45, 7) is 9.55. The van der Waals surface area contributed by atoms with E-state index in [1.165, 1.54) is 14.2 Å². The van der Waals surface area contributed by atoms with E-state index in [-0.39, 0.29) is 46.6 Å². The summed E-state index contributed by atoms with van der Waals surface area (Å²) in [7, 11) is 2.62. The van der Waals surface area contributed by atoms with Gasteiger partial charge < -0.3 is 44.6 Å². The summed E-state index contributed by atoms with van der Waals surface area (Å²) < 4.78 is 16.3. The van der Waals surface area contributed by atoms with Gasteiger partial charge in [0.1, 0.15) is 36.1 Å². The van der Waals surface area contributed by atoms with Gasteiger partial charge in [-0.25, -0.2) is 19.6 Å². The van der Waals surface area contributed by atoms with Crippen molar-refractivity contribution in [3.05, 3.63) is 64.8 Å². The number of aromatic nitrogens is 4. The van der Waals surface area contributed by atoms with Crippen molar-refractivity contribution in [2.45, 2.75) is 110 Å². The van der Waals surface area contributed by atoms with Gasteiger partial charge in [0.25, 0.3) is 0 Å². The van der Waals surface area contributed by atoms with Crippen LogP contribution in [0.15, 0.2) is 42.5 Å². The van der Waals surface area contributed by atoms with E-state index in [1.54, 1.807) is 0 Å². The van der Waals surface area contributed by atoms with Gasteiger partial charge in [0.05, 0.1) is 43.0 Å². The molecule has 5 aromatic rings. The first-order chi connectivity index (χ1) is 31.3. The van der Waals surface area contributed by atoms with E-state index in [1.807, 2.05) is 49.6 Å². The first-order valence-electron chi connectivity index (χ1n) is 23.0. The molecule has 0 radical (unpaired) electrons. The number of likely N-dealkylation sites (tertiary alicyclic amines) is 2. The molecule has 3 aliphatic heterocycles. The van der Waals surface area contributed by atoms with Crippen molar-refractivity contribution in [1.82, 2.24) is 40.4 Å². The number of carbonyl (C=O) groups excluding carboxylic acids is 4. The maximum atomic E-state index is 14.3. The molecule has 4 amide bonds. The van der Waals surface area contributed by atoms with Crippen LogP contribution in [0.5, 0.6) is 5.75 Å². The fourth-order valence-corrected chi connectivity index (χ4v) is 10.8.